The molecule has 0 saturated carbocycles. The number of para-hydroxylation sites is 3. The van der Waals surface area contributed by atoms with Gasteiger partial charge in [0.1, 0.15) is 5.82 Å². The van der Waals surface area contributed by atoms with Crippen molar-refractivity contribution >= 4 is 44.6 Å². The van der Waals surface area contributed by atoms with E-state index in [4.69, 9.17) is 9.72 Å². The van der Waals surface area contributed by atoms with Crippen LogP contribution in [0.2, 0.25) is 0 Å². The van der Waals surface area contributed by atoms with Gasteiger partial charge < -0.3 is 19.1 Å². The Balaban J connectivity index is 0.00000658. The van der Waals surface area contributed by atoms with Gasteiger partial charge in [0.2, 0.25) is 0 Å². The van der Waals surface area contributed by atoms with E-state index in [1.54, 1.807) is 0 Å². The van der Waals surface area contributed by atoms with E-state index < -0.39 is 17.2 Å². The molecule has 82 heavy (non-hydrogen) atoms. The van der Waals surface area contributed by atoms with Crippen molar-refractivity contribution in [3.63, 3.8) is 0 Å². The van der Waals surface area contributed by atoms with E-state index in [9.17, 15) is 2.74 Å². The number of anilines is 4. The molecule has 1 aliphatic carbocycles. The maximum absolute atomic E-state index is 9.70. The van der Waals surface area contributed by atoms with Crippen molar-refractivity contribution in [3.8, 4) is 50.7 Å². The summed E-state index contributed by atoms with van der Waals surface area (Å²) in [5.74, 6) is 1.88. The summed E-state index contributed by atoms with van der Waals surface area (Å²) in [6, 6.07) is 91.0. The van der Waals surface area contributed by atoms with Crippen LogP contribution in [0, 0.1) is 24.2 Å². The number of aromatic nitrogens is 2. The Kier molecular flexibility index (Phi) is 12.6. The second-order valence-corrected chi connectivity index (χ2v) is 23.4. The van der Waals surface area contributed by atoms with Crippen LogP contribution in [0.4, 0.5) is 22.7 Å². The van der Waals surface area contributed by atoms with Gasteiger partial charge in [-0.25, -0.2) is 4.98 Å². The zero-order valence-electron chi connectivity index (χ0n) is 48.7. The second-order valence-electron chi connectivity index (χ2n) is 23.4. The molecule has 0 spiro atoms. The minimum absolute atomic E-state index is 0. The third-order valence-corrected chi connectivity index (χ3v) is 16.0. The summed E-state index contributed by atoms with van der Waals surface area (Å²) < 4.78 is 28.9. The first-order chi connectivity index (χ1) is 40.2. The van der Waals surface area contributed by atoms with Crippen LogP contribution in [-0.4, -0.2) is 9.55 Å². The minimum Gasteiger partial charge on any atom is -0.509 e. The summed E-state index contributed by atoms with van der Waals surface area (Å²) in [7, 11) is 0. The van der Waals surface area contributed by atoms with Crippen molar-refractivity contribution in [3.05, 3.63) is 295 Å². The molecule has 5 nitrogen and oxygen atoms in total. The van der Waals surface area contributed by atoms with Crippen molar-refractivity contribution in [2.24, 2.45) is 5.41 Å². The van der Waals surface area contributed by atoms with E-state index in [-0.39, 0.29) is 26.5 Å². The number of hydrogen-bond acceptors (Lipinski definition) is 4. The maximum Gasteiger partial charge on any atom is 0.135 e. The molecule has 12 aromatic rings. The number of nitrogens with zero attached hydrogens (tertiary/aromatic N) is 4. The van der Waals surface area contributed by atoms with Crippen molar-refractivity contribution in [1.29, 1.82) is 0 Å². The molecular weight excluding hydrogens is 1180 g/mol. The number of ether oxygens (including phenoxy) is 1. The van der Waals surface area contributed by atoms with Crippen LogP contribution in [-0.2, 0) is 38.3 Å². The molecule has 404 valence electrons. The first-order valence-electron chi connectivity index (χ1n) is 28.9. The van der Waals surface area contributed by atoms with Gasteiger partial charge >= 0.3 is 0 Å². The van der Waals surface area contributed by atoms with E-state index in [1.165, 1.54) is 27.8 Å². The van der Waals surface area contributed by atoms with Gasteiger partial charge in [-0.15, -0.1) is 53.6 Å². The molecular formula is C76H61N4OPt-3. The van der Waals surface area contributed by atoms with Crippen LogP contribution in [0.15, 0.2) is 243 Å². The average molecular weight is 1240 g/mol. The van der Waals surface area contributed by atoms with E-state index in [0.717, 1.165) is 83.8 Å². The molecule has 0 saturated heterocycles. The zero-order valence-corrected chi connectivity index (χ0v) is 49.0. The minimum atomic E-state index is -1.68. The van der Waals surface area contributed by atoms with Gasteiger partial charge in [-0.1, -0.05) is 217 Å². The molecule has 14 rings (SSSR count). The van der Waals surface area contributed by atoms with Gasteiger partial charge in [-0.3, -0.25) is 0 Å². The summed E-state index contributed by atoms with van der Waals surface area (Å²) >= 11 is 0. The van der Waals surface area contributed by atoms with E-state index >= 15 is 0 Å². The van der Waals surface area contributed by atoms with Crippen molar-refractivity contribution in [1.82, 2.24) is 9.55 Å². The predicted octanol–water partition coefficient (Wildman–Crippen LogP) is 19.6. The van der Waals surface area contributed by atoms with Crippen molar-refractivity contribution < 1.29 is 28.5 Å². The Morgan fingerprint density at radius 1 is 0.524 bits per heavy atom. The molecule has 6 heteroatoms. The third-order valence-electron chi connectivity index (χ3n) is 16.0. The number of benzene rings is 10. The van der Waals surface area contributed by atoms with Crippen LogP contribution in [0.3, 0.4) is 0 Å². The molecule has 1 aliphatic heterocycles. The van der Waals surface area contributed by atoms with E-state index in [0.29, 0.717) is 17.1 Å². The monoisotopic (exact) mass is 1240 g/mol. The van der Waals surface area contributed by atoms with Crippen LogP contribution in [0.25, 0.3) is 61.0 Å². The van der Waals surface area contributed by atoms with Gasteiger partial charge in [0.25, 0.3) is 0 Å². The SMILES string of the molecule is [2H]C([2H])(c1cc(-c2ccccc2)c(N2[CH-]N(c3[c-]c(Oc4[c-]c5c(cc4)c4ccccc4n5-c4cc(C(C)(C)C)ccn4)cc(C4(c5ccccc5)c5ccccc5-c5ccccc54)c3)c3ccccc32)c(-c2ccccc2)c1)C(C)(C)C.[Pt]. The van der Waals surface area contributed by atoms with Gasteiger partial charge in [0, 0.05) is 80.6 Å². The van der Waals surface area contributed by atoms with Gasteiger partial charge in [-0.05, 0) is 115 Å². The Hall–Kier alpha value is -8.76. The summed E-state index contributed by atoms with van der Waals surface area (Å²) in [6.45, 7) is 14.8. The van der Waals surface area contributed by atoms with Gasteiger partial charge in [-0.2, -0.15) is 6.07 Å². The van der Waals surface area contributed by atoms with Crippen molar-refractivity contribution in [2.45, 2.75) is 58.7 Å². The van der Waals surface area contributed by atoms with Crippen LogP contribution < -0.4 is 14.5 Å². The van der Waals surface area contributed by atoms with Crippen LogP contribution in [0.5, 0.6) is 11.5 Å². The van der Waals surface area contributed by atoms with E-state index in [2.05, 4.69) is 272 Å². The summed E-state index contributed by atoms with van der Waals surface area (Å²) in [5, 5.41) is 2.15. The summed E-state index contributed by atoms with van der Waals surface area (Å²) in [6.07, 6.45) is 0.226. The van der Waals surface area contributed by atoms with Crippen LogP contribution in [0.1, 0.15) is 77.7 Å². The smallest absolute Gasteiger partial charge is 0.135 e. The Morgan fingerprint density at radius 2 is 1.10 bits per heavy atom. The molecule has 0 fully saturated rings. The molecule has 0 unspecified atom stereocenters. The van der Waals surface area contributed by atoms with Gasteiger partial charge in [0.05, 0.1) is 0 Å². The molecule has 2 aliphatic rings. The molecule has 3 heterocycles. The molecule has 0 N–H and O–H groups in total. The molecule has 0 bridgehead atoms. The average Bonchev–Trinajstić information content (AvgIpc) is 1.56. The summed E-state index contributed by atoms with van der Waals surface area (Å²) in [4.78, 5) is 9.50. The number of rotatable bonds is 10. The Bertz CT molecular complexity index is 4360. The molecule has 10 aromatic carbocycles. The van der Waals surface area contributed by atoms with Crippen LogP contribution >= 0.6 is 0 Å². The fraction of sp³-hybridized carbons (Fsp3) is 0.132. The topological polar surface area (TPSA) is 33.5 Å². The third kappa shape index (κ3) is 9.03. The number of pyridine rings is 1. The maximum atomic E-state index is 9.70. The fourth-order valence-corrected chi connectivity index (χ4v) is 12.5. The van der Waals surface area contributed by atoms with E-state index in [1.807, 2.05) is 45.2 Å². The second kappa shape index (κ2) is 20.7. The van der Waals surface area contributed by atoms with Crippen molar-refractivity contribution in [2.75, 3.05) is 9.80 Å². The molecule has 0 radical (unpaired) electrons. The number of fused-ring (bicyclic) bond motifs is 7. The first-order valence-corrected chi connectivity index (χ1v) is 27.9. The predicted molar refractivity (Wildman–Crippen MR) is 334 cm³/mol. The standard InChI is InChI=1S/C76H61N4O.Pt/c1-74(2,3)49-51-42-64(52-24-10-7-11-25-52)73(65(43-51)53-26-12-8-13-27-53)79-50-78(69-36-22-23-37-70(69)79)57-44-56(76(54-28-14-9-15-29-54)66-33-19-16-30-60(66)61-31-17-20-34-67(61)76)45-59(47-57)81-58-38-39-63-62-32-18-21-35-68(62)80(71(63)48-58)72-46-55(40-41-77-72)75(4,5)6;/h7-46,50H,49H2,1-6H3;/q-3;/i49D2;. The quantitative estimate of drug-likeness (QED) is 0.128. The Morgan fingerprint density at radius 3 is 1.73 bits per heavy atom. The normalized spacial score (nSPS) is 14.0. The molecule has 2 aromatic heterocycles. The zero-order chi connectivity index (χ0) is 56.8. The molecule has 0 atom stereocenters. The Labute approximate surface area is 499 Å². The molecule has 0 amide bonds. The largest absolute Gasteiger partial charge is 0.509 e. The number of hydrogen-bond donors (Lipinski definition) is 0. The fourth-order valence-electron chi connectivity index (χ4n) is 12.5. The van der Waals surface area contributed by atoms with Gasteiger partial charge in [0.15, 0.2) is 0 Å². The summed E-state index contributed by atoms with van der Waals surface area (Å²) in [5.41, 5.74) is 16.4. The first kappa shape index (κ1) is 50.2.